The number of amidine groups is 1. The van der Waals surface area contributed by atoms with Gasteiger partial charge in [0.2, 0.25) is 5.91 Å². The summed E-state index contributed by atoms with van der Waals surface area (Å²) in [6.07, 6.45) is 1.78. The highest BCUT2D eigenvalue weighted by Crippen LogP contribution is 2.13. The average Bonchev–Trinajstić information content (AvgIpc) is 2.99. The number of carbonyl (C=O) groups is 1. The van der Waals surface area contributed by atoms with Crippen LogP contribution in [-0.4, -0.2) is 47.7 Å². The molecule has 0 spiro atoms. The van der Waals surface area contributed by atoms with Gasteiger partial charge in [-0.25, -0.2) is 0 Å². The molecule has 0 aliphatic carbocycles. The third-order valence-corrected chi connectivity index (χ3v) is 4.19. The predicted molar refractivity (Wildman–Crippen MR) is 77.0 cm³/mol. The van der Waals surface area contributed by atoms with E-state index in [1.165, 1.54) is 4.88 Å². The van der Waals surface area contributed by atoms with Crippen LogP contribution in [0, 0.1) is 0 Å². The van der Waals surface area contributed by atoms with Crippen LogP contribution in [0.5, 0.6) is 0 Å². The zero-order valence-electron chi connectivity index (χ0n) is 11.2. The van der Waals surface area contributed by atoms with E-state index in [1.807, 2.05) is 11.4 Å². The largest absolute Gasteiger partial charge is 0.409 e. The number of thiophene rings is 1. The first-order chi connectivity index (χ1) is 9.70. The minimum Gasteiger partial charge on any atom is -0.409 e. The van der Waals surface area contributed by atoms with E-state index in [4.69, 9.17) is 15.7 Å². The van der Waals surface area contributed by atoms with Crippen molar-refractivity contribution < 1.29 is 14.7 Å². The maximum atomic E-state index is 12.1. The van der Waals surface area contributed by atoms with Crippen LogP contribution in [0.1, 0.15) is 17.7 Å². The molecule has 3 N–H and O–H groups in total. The van der Waals surface area contributed by atoms with Gasteiger partial charge in [-0.2, -0.15) is 0 Å². The summed E-state index contributed by atoms with van der Waals surface area (Å²) in [6.45, 7) is 1.33. The molecule has 0 radical (unpaired) electrons. The van der Waals surface area contributed by atoms with Crippen LogP contribution in [-0.2, 0) is 16.0 Å². The average molecular weight is 297 g/mol. The number of amides is 1. The number of oxime groups is 1. The van der Waals surface area contributed by atoms with Crippen LogP contribution in [0.2, 0.25) is 0 Å². The summed E-state index contributed by atoms with van der Waals surface area (Å²) in [5, 5.41) is 13.6. The molecule has 1 aromatic heterocycles. The minimum absolute atomic E-state index is 0.0149. The molecular weight excluding hydrogens is 278 g/mol. The van der Waals surface area contributed by atoms with Crippen molar-refractivity contribution in [2.45, 2.75) is 25.4 Å². The molecule has 1 aliphatic heterocycles. The molecule has 110 valence electrons. The predicted octanol–water partition coefficient (Wildman–Crippen LogP) is 1.04. The molecule has 1 atom stereocenters. The molecule has 1 unspecified atom stereocenters. The van der Waals surface area contributed by atoms with Gasteiger partial charge in [0.25, 0.3) is 0 Å². The normalized spacial score (nSPS) is 20.1. The topological polar surface area (TPSA) is 88.2 Å². The molecule has 2 heterocycles. The number of nitrogens with two attached hydrogens (primary N) is 1. The van der Waals surface area contributed by atoms with Crippen LogP contribution in [0.3, 0.4) is 0 Å². The Morgan fingerprint density at radius 3 is 3.20 bits per heavy atom. The lowest BCUT2D eigenvalue weighted by atomic mass is 10.1. The number of carbonyl (C=O) groups excluding carboxylic acids is 1. The van der Waals surface area contributed by atoms with E-state index in [0.29, 0.717) is 26.1 Å². The van der Waals surface area contributed by atoms with Crippen molar-refractivity contribution in [3.8, 4) is 0 Å². The maximum Gasteiger partial charge on any atom is 0.222 e. The van der Waals surface area contributed by atoms with Crippen molar-refractivity contribution in [2.24, 2.45) is 10.9 Å². The first kappa shape index (κ1) is 14.8. The number of hydrogen-bond donors (Lipinski definition) is 2. The highest BCUT2D eigenvalue weighted by molar-refractivity contribution is 7.09. The highest BCUT2D eigenvalue weighted by atomic mass is 32.1. The minimum atomic E-state index is -0.505. The maximum absolute atomic E-state index is 12.1. The zero-order chi connectivity index (χ0) is 14.4. The highest BCUT2D eigenvalue weighted by Gasteiger charge is 2.26. The van der Waals surface area contributed by atoms with Gasteiger partial charge in [-0.3, -0.25) is 4.79 Å². The standard InChI is InChI=1S/C13H19N3O3S/c14-13(15-18)11-9-16(6-7-19-11)12(17)5-1-3-10-4-2-8-20-10/h2,4,8,11,18H,1,3,5-7,9H2,(H2,14,15). The monoisotopic (exact) mass is 297 g/mol. The van der Waals surface area contributed by atoms with Crippen molar-refractivity contribution >= 4 is 23.1 Å². The van der Waals surface area contributed by atoms with E-state index in [-0.39, 0.29) is 11.7 Å². The molecule has 6 nitrogen and oxygen atoms in total. The first-order valence-electron chi connectivity index (χ1n) is 6.60. The van der Waals surface area contributed by atoms with Crippen LogP contribution < -0.4 is 5.73 Å². The van der Waals surface area contributed by atoms with Gasteiger partial charge >= 0.3 is 0 Å². The lowest BCUT2D eigenvalue weighted by molar-refractivity contribution is -0.136. The second kappa shape index (κ2) is 7.25. The Morgan fingerprint density at radius 2 is 2.50 bits per heavy atom. The number of aryl methyl sites for hydroxylation is 1. The number of rotatable bonds is 5. The molecule has 0 saturated carbocycles. The van der Waals surface area contributed by atoms with E-state index in [1.54, 1.807) is 16.2 Å². The van der Waals surface area contributed by atoms with E-state index in [2.05, 4.69) is 11.2 Å². The van der Waals surface area contributed by atoms with Crippen LogP contribution in [0.15, 0.2) is 22.7 Å². The van der Waals surface area contributed by atoms with E-state index >= 15 is 0 Å². The Kier molecular flexibility index (Phi) is 5.37. The van der Waals surface area contributed by atoms with Crippen LogP contribution in [0.25, 0.3) is 0 Å². The third kappa shape index (κ3) is 3.94. The van der Waals surface area contributed by atoms with Crippen molar-refractivity contribution in [1.29, 1.82) is 0 Å². The Balaban J connectivity index is 1.77. The van der Waals surface area contributed by atoms with Crippen LogP contribution in [0.4, 0.5) is 0 Å². The van der Waals surface area contributed by atoms with Crippen molar-refractivity contribution in [1.82, 2.24) is 4.90 Å². The second-order valence-electron chi connectivity index (χ2n) is 4.66. The molecule has 1 aliphatic rings. The summed E-state index contributed by atoms with van der Waals surface area (Å²) in [5.41, 5.74) is 5.51. The summed E-state index contributed by atoms with van der Waals surface area (Å²) < 4.78 is 5.37. The molecule has 1 saturated heterocycles. The zero-order valence-corrected chi connectivity index (χ0v) is 12.0. The molecule has 7 heteroatoms. The second-order valence-corrected chi connectivity index (χ2v) is 5.69. The summed E-state index contributed by atoms with van der Waals surface area (Å²) in [4.78, 5) is 15.1. The van der Waals surface area contributed by atoms with Gasteiger partial charge in [0.15, 0.2) is 5.84 Å². The fourth-order valence-corrected chi connectivity index (χ4v) is 2.90. The van der Waals surface area contributed by atoms with Gasteiger partial charge < -0.3 is 20.6 Å². The van der Waals surface area contributed by atoms with Crippen molar-refractivity contribution in [3.05, 3.63) is 22.4 Å². The third-order valence-electron chi connectivity index (χ3n) is 3.26. The SMILES string of the molecule is NC(=NO)C1CN(C(=O)CCCc2cccs2)CCO1. The molecule has 2 rings (SSSR count). The summed E-state index contributed by atoms with van der Waals surface area (Å²) in [6, 6.07) is 4.10. The van der Waals surface area contributed by atoms with Gasteiger partial charge in [-0.15, -0.1) is 11.3 Å². The Bertz CT molecular complexity index is 461. The number of hydrogen-bond acceptors (Lipinski definition) is 5. The van der Waals surface area contributed by atoms with Gasteiger partial charge in [0.1, 0.15) is 6.10 Å². The Morgan fingerprint density at radius 1 is 1.65 bits per heavy atom. The van der Waals surface area contributed by atoms with Crippen LogP contribution >= 0.6 is 11.3 Å². The fourth-order valence-electron chi connectivity index (χ4n) is 2.15. The lowest BCUT2D eigenvalue weighted by Crippen LogP contribution is -2.50. The van der Waals surface area contributed by atoms with Gasteiger partial charge in [0, 0.05) is 17.8 Å². The lowest BCUT2D eigenvalue weighted by Gasteiger charge is -2.32. The van der Waals surface area contributed by atoms with E-state index in [0.717, 1.165) is 12.8 Å². The quantitative estimate of drug-likeness (QED) is 0.368. The van der Waals surface area contributed by atoms with E-state index < -0.39 is 6.10 Å². The number of morpholine rings is 1. The fraction of sp³-hybridized carbons (Fsp3) is 0.538. The first-order valence-corrected chi connectivity index (χ1v) is 7.48. The summed E-state index contributed by atoms with van der Waals surface area (Å²) >= 11 is 1.71. The number of ether oxygens (including phenoxy) is 1. The Hall–Kier alpha value is -1.60. The smallest absolute Gasteiger partial charge is 0.222 e. The molecule has 1 fully saturated rings. The molecule has 1 amide bonds. The number of nitrogens with zero attached hydrogens (tertiary/aromatic N) is 2. The molecule has 0 aromatic carbocycles. The van der Waals surface area contributed by atoms with Crippen molar-refractivity contribution in [3.63, 3.8) is 0 Å². The Labute approximate surface area is 121 Å². The molecule has 20 heavy (non-hydrogen) atoms. The van der Waals surface area contributed by atoms with Crippen molar-refractivity contribution in [2.75, 3.05) is 19.7 Å². The van der Waals surface area contributed by atoms with E-state index in [9.17, 15) is 4.79 Å². The summed E-state index contributed by atoms with van der Waals surface area (Å²) in [7, 11) is 0. The molecule has 0 bridgehead atoms. The van der Waals surface area contributed by atoms with Gasteiger partial charge in [0.05, 0.1) is 13.2 Å². The molecular formula is C13H19N3O3S. The van der Waals surface area contributed by atoms with Gasteiger partial charge in [-0.05, 0) is 24.3 Å². The summed E-state index contributed by atoms with van der Waals surface area (Å²) in [5.74, 6) is 0.113. The van der Waals surface area contributed by atoms with Gasteiger partial charge in [-0.1, -0.05) is 11.2 Å². The molecule has 1 aromatic rings.